The molecule has 22 heavy (non-hydrogen) atoms. The normalized spacial score (nSPS) is 31.1. The first-order valence-electron chi connectivity index (χ1n) is 9.18. The number of rotatable bonds is 8. The van der Waals surface area contributed by atoms with Gasteiger partial charge < -0.3 is 9.26 Å². The quantitative estimate of drug-likeness (QED) is 0.603. The molecule has 0 N–H and O–H groups in total. The smallest absolute Gasteiger partial charge is 0.197 e. The number of hydrogen-bond acceptors (Lipinski definition) is 4. The standard InChI is InChI=1S/C17H34NO3P/c1-9-16(19)22(18(12(3)4)13(5)6)21-15-11-14(7)20-17(15,8)10-2/h12-15H,9-11H2,1-8H3/t14-,15?,17-,22?/m0/s1/i8D. The number of ether oxygens (including phenoxy) is 1. The van der Waals surface area contributed by atoms with Gasteiger partial charge in [-0.3, -0.25) is 4.79 Å². The molecule has 0 bridgehead atoms. The molecule has 0 aromatic carbocycles. The molecule has 1 fully saturated rings. The van der Waals surface area contributed by atoms with Gasteiger partial charge in [0, 0.05) is 26.3 Å². The molecule has 0 saturated carbocycles. The molecule has 130 valence electrons. The predicted molar refractivity (Wildman–Crippen MR) is 93.1 cm³/mol. The predicted octanol–water partition coefficient (Wildman–Crippen LogP) is 4.72. The van der Waals surface area contributed by atoms with E-state index in [4.69, 9.17) is 10.6 Å². The Morgan fingerprint density at radius 1 is 1.41 bits per heavy atom. The fourth-order valence-corrected chi connectivity index (χ4v) is 5.12. The minimum Gasteiger partial charge on any atom is -0.370 e. The van der Waals surface area contributed by atoms with Crippen molar-refractivity contribution in [3.8, 4) is 0 Å². The highest BCUT2D eigenvalue weighted by Crippen LogP contribution is 2.51. The van der Waals surface area contributed by atoms with Crippen LogP contribution in [0.5, 0.6) is 0 Å². The van der Waals surface area contributed by atoms with E-state index < -0.39 is 13.9 Å². The van der Waals surface area contributed by atoms with E-state index in [1.165, 1.54) is 0 Å². The van der Waals surface area contributed by atoms with Crippen molar-refractivity contribution < 1.29 is 15.4 Å². The van der Waals surface area contributed by atoms with Crippen molar-refractivity contribution in [3.05, 3.63) is 0 Å². The molecule has 1 rings (SSSR count). The SMILES string of the molecule is [2H]C[C@@]1(CC)O[C@@H](C)CC1OP(C(=O)CC)N(C(C)C)C(C)C. The summed E-state index contributed by atoms with van der Waals surface area (Å²) in [6, 6.07) is 0.478. The summed E-state index contributed by atoms with van der Waals surface area (Å²) in [5.41, 5.74) is -0.412. The van der Waals surface area contributed by atoms with Crippen LogP contribution < -0.4 is 0 Å². The van der Waals surface area contributed by atoms with Crippen molar-refractivity contribution in [1.29, 1.82) is 0 Å². The summed E-state index contributed by atoms with van der Waals surface area (Å²) in [5, 5.41) is 0. The Balaban J connectivity index is 3.07. The molecule has 0 aliphatic carbocycles. The minimum atomic E-state index is -1.33. The molecule has 1 heterocycles. The van der Waals surface area contributed by atoms with Gasteiger partial charge in [0.15, 0.2) is 13.8 Å². The zero-order valence-corrected chi connectivity index (χ0v) is 16.2. The molecule has 0 aromatic rings. The van der Waals surface area contributed by atoms with Gasteiger partial charge in [-0.2, -0.15) is 0 Å². The van der Waals surface area contributed by atoms with Gasteiger partial charge in [-0.05, 0) is 47.9 Å². The largest absolute Gasteiger partial charge is 0.370 e. The molecule has 1 saturated heterocycles. The zero-order valence-electron chi connectivity index (χ0n) is 16.3. The summed E-state index contributed by atoms with van der Waals surface area (Å²) in [4.78, 5) is 12.6. The van der Waals surface area contributed by atoms with E-state index in [9.17, 15) is 4.79 Å². The maximum absolute atomic E-state index is 12.6. The van der Waals surface area contributed by atoms with Crippen LogP contribution in [0.25, 0.3) is 0 Å². The van der Waals surface area contributed by atoms with Crippen molar-refractivity contribution >= 4 is 13.8 Å². The van der Waals surface area contributed by atoms with Crippen LogP contribution in [0.4, 0.5) is 0 Å². The number of hydrogen-bond donors (Lipinski definition) is 0. The van der Waals surface area contributed by atoms with Crippen LogP contribution in [0.1, 0.15) is 76.0 Å². The van der Waals surface area contributed by atoms with E-state index in [0.717, 1.165) is 12.8 Å². The number of nitrogens with zero attached hydrogens (tertiary/aromatic N) is 1. The van der Waals surface area contributed by atoms with Crippen LogP contribution in [0.3, 0.4) is 0 Å². The third-order valence-electron chi connectivity index (χ3n) is 4.18. The van der Waals surface area contributed by atoms with Crippen LogP contribution in [0.2, 0.25) is 0 Å². The first-order chi connectivity index (χ1) is 10.7. The second-order valence-corrected chi connectivity index (χ2v) is 8.48. The first-order valence-corrected chi connectivity index (χ1v) is 9.68. The van der Waals surface area contributed by atoms with Gasteiger partial charge in [0.05, 0.1) is 17.8 Å². The monoisotopic (exact) mass is 332 g/mol. The second kappa shape index (κ2) is 8.19. The Kier molecular flexibility index (Phi) is 6.82. The molecule has 4 atom stereocenters. The van der Waals surface area contributed by atoms with Crippen LogP contribution >= 0.6 is 8.30 Å². The summed E-state index contributed by atoms with van der Waals surface area (Å²) in [7, 11) is -1.33. The molecule has 0 amide bonds. The fraction of sp³-hybridized carbons (Fsp3) is 0.941. The second-order valence-electron chi connectivity index (χ2n) is 6.76. The summed E-state index contributed by atoms with van der Waals surface area (Å²) in [5.74, 6) is 0. The average molecular weight is 332 g/mol. The highest BCUT2D eigenvalue weighted by Gasteiger charge is 2.46. The molecule has 2 unspecified atom stereocenters. The molecule has 0 aromatic heterocycles. The van der Waals surface area contributed by atoms with Gasteiger partial charge in [-0.15, -0.1) is 0 Å². The Hall–Kier alpha value is -0.0200. The van der Waals surface area contributed by atoms with Crippen LogP contribution in [0.15, 0.2) is 0 Å². The average Bonchev–Trinajstić information content (AvgIpc) is 2.81. The summed E-state index contributed by atoms with van der Waals surface area (Å²) in [6.07, 6.45) is 1.86. The van der Waals surface area contributed by atoms with Gasteiger partial charge in [0.25, 0.3) is 0 Å². The molecule has 4 nitrogen and oxygen atoms in total. The Morgan fingerprint density at radius 2 is 2.00 bits per heavy atom. The first kappa shape index (κ1) is 18.3. The topological polar surface area (TPSA) is 38.8 Å². The fourth-order valence-electron chi connectivity index (χ4n) is 3.00. The maximum atomic E-state index is 12.6. The minimum absolute atomic E-state index is 0.0745. The zero-order chi connectivity index (χ0) is 17.8. The summed E-state index contributed by atoms with van der Waals surface area (Å²) >= 11 is 0. The Morgan fingerprint density at radius 3 is 2.41 bits per heavy atom. The lowest BCUT2D eigenvalue weighted by molar-refractivity contribution is -0.113. The molecule has 0 spiro atoms. The highest BCUT2D eigenvalue weighted by molar-refractivity contribution is 7.68. The van der Waals surface area contributed by atoms with Crippen molar-refractivity contribution in [1.82, 2.24) is 4.67 Å². The van der Waals surface area contributed by atoms with Gasteiger partial charge in [0.2, 0.25) is 0 Å². The van der Waals surface area contributed by atoms with Crippen LogP contribution in [-0.4, -0.2) is 40.1 Å². The van der Waals surface area contributed by atoms with Gasteiger partial charge in [-0.1, -0.05) is 13.8 Å². The molecular formula is C17H34NO3P. The number of carbonyl (C=O) groups is 1. The molecule has 1 aliphatic heterocycles. The summed E-state index contributed by atoms with van der Waals surface area (Å²) in [6.45, 7) is 14.5. The highest BCUT2D eigenvalue weighted by atomic mass is 31.2. The van der Waals surface area contributed by atoms with E-state index in [1.54, 1.807) is 0 Å². The van der Waals surface area contributed by atoms with Crippen molar-refractivity contribution in [2.75, 3.05) is 0 Å². The summed E-state index contributed by atoms with van der Waals surface area (Å²) < 4.78 is 22.6. The lowest BCUT2D eigenvalue weighted by atomic mass is 9.96. The molecule has 5 heteroatoms. The third kappa shape index (κ3) is 4.50. The van der Waals surface area contributed by atoms with E-state index >= 15 is 0 Å². The van der Waals surface area contributed by atoms with Gasteiger partial charge in [-0.25, -0.2) is 4.67 Å². The van der Waals surface area contributed by atoms with Gasteiger partial charge in [0.1, 0.15) is 0 Å². The molecular weight excluding hydrogens is 297 g/mol. The van der Waals surface area contributed by atoms with E-state index in [2.05, 4.69) is 32.4 Å². The Bertz CT molecular complexity index is 380. The molecule has 1 aliphatic rings. The van der Waals surface area contributed by atoms with Crippen LogP contribution in [0, 0.1) is 0 Å². The number of carbonyl (C=O) groups excluding carboxylic acids is 1. The molecule has 0 radical (unpaired) electrons. The van der Waals surface area contributed by atoms with E-state index in [1.807, 2.05) is 20.8 Å². The Labute approximate surface area is 139 Å². The maximum Gasteiger partial charge on any atom is 0.197 e. The van der Waals surface area contributed by atoms with Crippen LogP contribution in [-0.2, 0) is 14.1 Å². The van der Waals surface area contributed by atoms with Crippen molar-refractivity contribution in [2.45, 2.75) is 105 Å². The van der Waals surface area contributed by atoms with Crippen molar-refractivity contribution in [2.24, 2.45) is 0 Å². The van der Waals surface area contributed by atoms with E-state index in [0.29, 0.717) is 6.42 Å². The van der Waals surface area contributed by atoms with Crippen molar-refractivity contribution in [3.63, 3.8) is 0 Å². The lowest BCUT2D eigenvalue weighted by Crippen LogP contribution is -2.40. The van der Waals surface area contributed by atoms with Gasteiger partial charge >= 0.3 is 0 Å². The lowest BCUT2D eigenvalue weighted by Gasteiger charge is -2.39. The third-order valence-corrected chi connectivity index (χ3v) is 6.72. The van der Waals surface area contributed by atoms with E-state index in [-0.39, 0.29) is 36.7 Å².